The number of ether oxygens (including phenoxy) is 1. The van der Waals surface area contributed by atoms with Gasteiger partial charge in [0.2, 0.25) is 0 Å². The number of hydrogen-bond acceptors (Lipinski definition) is 4. The molecular weight excluding hydrogens is 369 g/mol. The molecule has 1 atom stereocenters. The van der Waals surface area contributed by atoms with Crippen LogP contribution in [0.2, 0.25) is 14.4 Å². The van der Waals surface area contributed by atoms with Crippen molar-refractivity contribution in [1.82, 2.24) is 0 Å². The Bertz CT molecular complexity index is 717. The third-order valence-electron chi connectivity index (χ3n) is 2.64. The summed E-state index contributed by atoms with van der Waals surface area (Å²) >= 11 is 18.7. The summed E-state index contributed by atoms with van der Waals surface area (Å²) in [6, 6.07) is 7.96. The fraction of sp³-hybridized carbons (Fsp3) is 0.143. The van der Waals surface area contributed by atoms with Crippen LogP contribution in [0.15, 0.2) is 30.3 Å². The second-order valence-electron chi connectivity index (χ2n) is 4.24. The molecule has 0 aliphatic heterocycles. The van der Waals surface area contributed by atoms with E-state index in [1.807, 2.05) is 0 Å². The van der Waals surface area contributed by atoms with Crippen molar-refractivity contribution in [1.29, 1.82) is 0 Å². The number of halogens is 3. The highest BCUT2D eigenvalue weighted by Crippen LogP contribution is 2.29. The van der Waals surface area contributed by atoms with Gasteiger partial charge in [0.15, 0.2) is 6.10 Å². The highest BCUT2D eigenvalue weighted by Gasteiger charge is 2.21. The summed E-state index contributed by atoms with van der Waals surface area (Å²) in [5, 5.41) is 3.10. The van der Waals surface area contributed by atoms with Gasteiger partial charge in [-0.2, -0.15) is 0 Å². The van der Waals surface area contributed by atoms with Crippen LogP contribution >= 0.6 is 46.1 Å². The number of nitrogens with one attached hydrogen (secondary N) is 1. The van der Waals surface area contributed by atoms with E-state index in [2.05, 4.69) is 5.32 Å². The molecule has 1 unspecified atom stereocenters. The minimum absolute atomic E-state index is 0.223. The van der Waals surface area contributed by atoms with Crippen LogP contribution < -0.4 is 5.32 Å². The summed E-state index contributed by atoms with van der Waals surface area (Å²) in [5.41, 5.74) is 0.348. The first-order chi connectivity index (χ1) is 10.4. The summed E-state index contributed by atoms with van der Waals surface area (Å²) in [4.78, 5) is 24.2. The van der Waals surface area contributed by atoms with Crippen molar-refractivity contribution in [2.75, 3.05) is 5.32 Å². The zero-order chi connectivity index (χ0) is 16.3. The van der Waals surface area contributed by atoms with Crippen molar-refractivity contribution in [3.05, 3.63) is 49.6 Å². The van der Waals surface area contributed by atoms with Crippen LogP contribution in [-0.4, -0.2) is 18.0 Å². The fourth-order valence-corrected chi connectivity index (χ4v) is 2.80. The van der Waals surface area contributed by atoms with Crippen molar-refractivity contribution >= 4 is 63.7 Å². The summed E-state index contributed by atoms with van der Waals surface area (Å²) < 4.78 is 5.55. The molecule has 0 aliphatic carbocycles. The zero-order valence-corrected chi connectivity index (χ0v) is 14.3. The number of carbonyl (C=O) groups is 2. The Morgan fingerprint density at radius 3 is 2.55 bits per heavy atom. The molecule has 4 nitrogen and oxygen atoms in total. The third kappa shape index (κ3) is 4.14. The predicted molar refractivity (Wildman–Crippen MR) is 89.3 cm³/mol. The molecule has 1 N–H and O–H groups in total. The molecule has 116 valence electrons. The van der Waals surface area contributed by atoms with Crippen molar-refractivity contribution in [2.24, 2.45) is 0 Å². The van der Waals surface area contributed by atoms with Crippen molar-refractivity contribution < 1.29 is 14.3 Å². The number of amides is 1. The molecule has 2 rings (SSSR count). The first-order valence-electron chi connectivity index (χ1n) is 6.09. The van der Waals surface area contributed by atoms with Gasteiger partial charge >= 0.3 is 5.97 Å². The summed E-state index contributed by atoms with van der Waals surface area (Å²) in [7, 11) is 0. The lowest BCUT2D eigenvalue weighted by atomic mass is 10.3. The number of benzene rings is 1. The van der Waals surface area contributed by atoms with Gasteiger partial charge in [-0.3, -0.25) is 4.79 Å². The Hall–Kier alpha value is -1.27. The second-order valence-corrected chi connectivity index (χ2v) is 6.74. The molecule has 0 radical (unpaired) electrons. The van der Waals surface area contributed by atoms with E-state index >= 15 is 0 Å². The summed E-state index contributed by atoms with van der Waals surface area (Å²) in [6.45, 7) is 1.46. The maximum atomic E-state index is 12.0. The Morgan fingerprint density at radius 2 is 1.91 bits per heavy atom. The summed E-state index contributed by atoms with van der Waals surface area (Å²) in [6.07, 6.45) is -0.997. The fourth-order valence-electron chi connectivity index (χ4n) is 1.53. The molecule has 0 bridgehead atoms. The lowest BCUT2D eigenvalue weighted by molar-refractivity contribution is -0.123. The monoisotopic (exact) mass is 377 g/mol. The number of thiophene rings is 1. The minimum Gasteiger partial charge on any atom is -0.448 e. The number of esters is 1. The average Bonchev–Trinajstić information content (AvgIpc) is 2.90. The molecule has 8 heteroatoms. The SMILES string of the molecule is CC(OC(=O)c1ccc(Cl)s1)C(=O)Nc1cccc(Cl)c1Cl. The van der Waals surface area contributed by atoms with Crippen LogP contribution in [0, 0.1) is 0 Å². The highest BCUT2D eigenvalue weighted by atomic mass is 35.5. The van der Waals surface area contributed by atoms with E-state index in [1.54, 1.807) is 24.3 Å². The molecule has 0 saturated heterocycles. The molecule has 1 amide bonds. The smallest absolute Gasteiger partial charge is 0.349 e. The molecule has 2 aromatic rings. The highest BCUT2D eigenvalue weighted by molar-refractivity contribution is 7.17. The van der Waals surface area contributed by atoms with Crippen LogP contribution in [0.4, 0.5) is 5.69 Å². The van der Waals surface area contributed by atoms with E-state index in [0.717, 1.165) is 11.3 Å². The van der Waals surface area contributed by atoms with E-state index in [-0.39, 0.29) is 5.02 Å². The van der Waals surface area contributed by atoms with E-state index in [9.17, 15) is 9.59 Å². The largest absolute Gasteiger partial charge is 0.448 e. The Morgan fingerprint density at radius 1 is 1.18 bits per heavy atom. The molecule has 1 heterocycles. The molecule has 0 aliphatic rings. The van der Waals surface area contributed by atoms with E-state index in [4.69, 9.17) is 39.5 Å². The Kier molecular flexibility index (Phi) is 5.69. The number of carbonyl (C=O) groups excluding carboxylic acids is 2. The molecule has 22 heavy (non-hydrogen) atoms. The zero-order valence-electron chi connectivity index (χ0n) is 11.2. The molecule has 0 saturated carbocycles. The van der Waals surface area contributed by atoms with Gasteiger partial charge in [-0.25, -0.2) is 4.79 Å². The standard InChI is InChI=1S/C14H10Cl3NO3S/c1-7(21-14(20)10-5-6-11(16)22-10)13(19)18-9-4-2-3-8(15)12(9)17/h2-7H,1H3,(H,18,19). The first-order valence-corrected chi connectivity index (χ1v) is 8.04. The van der Waals surface area contributed by atoms with Gasteiger partial charge in [0.25, 0.3) is 5.91 Å². The van der Waals surface area contributed by atoms with Gasteiger partial charge in [0, 0.05) is 0 Å². The normalized spacial score (nSPS) is 11.8. The third-order valence-corrected chi connectivity index (χ3v) is 4.67. The number of rotatable bonds is 4. The first kappa shape index (κ1) is 17.1. The Labute approximate surface area is 145 Å². The summed E-state index contributed by atoms with van der Waals surface area (Å²) in [5.74, 6) is -1.13. The maximum Gasteiger partial charge on any atom is 0.349 e. The topological polar surface area (TPSA) is 55.4 Å². The lowest BCUT2D eigenvalue weighted by Gasteiger charge is -2.14. The van der Waals surface area contributed by atoms with Gasteiger partial charge < -0.3 is 10.1 Å². The van der Waals surface area contributed by atoms with Crippen molar-refractivity contribution in [3.63, 3.8) is 0 Å². The van der Waals surface area contributed by atoms with Gasteiger partial charge in [0.05, 0.1) is 20.1 Å². The van der Waals surface area contributed by atoms with E-state index in [1.165, 1.54) is 13.0 Å². The van der Waals surface area contributed by atoms with Gasteiger partial charge in [-0.1, -0.05) is 40.9 Å². The Balaban J connectivity index is 2.00. The maximum absolute atomic E-state index is 12.0. The van der Waals surface area contributed by atoms with Crippen LogP contribution in [0.3, 0.4) is 0 Å². The van der Waals surface area contributed by atoms with Crippen LogP contribution in [-0.2, 0) is 9.53 Å². The van der Waals surface area contributed by atoms with Crippen LogP contribution in [0.1, 0.15) is 16.6 Å². The van der Waals surface area contributed by atoms with Gasteiger partial charge in [0.1, 0.15) is 4.88 Å². The van der Waals surface area contributed by atoms with Crippen LogP contribution in [0.25, 0.3) is 0 Å². The van der Waals surface area contributed by atoms with Gasteiger partial charge in [-0.05, 0) is 31.2 Å². The average molecular weight is 379 g/mol. The molecule has 0 fully saturated rings. The number of anilines is 1. The quantitative estimate of drug-likeness (QED) is 0.770. The van der Waals surface area contributed by atoms with Crippen molar-refractivity contribution in [2.45, 2.75) is 13.0 Å². The molecule has 1 aromatic carbocycles. The number of hydrogen-bond donors (Lipinski definition) is 1. The minimum atomic E-state index is -0.997. The van der Waals surface area contributed by atoms with Crippen molar-refractivity contribution in [3.8, 4) is 0 Å². The molecule has 0 spiro atoms. The lowest BCUT2D eigenvalue weighted by Crippen LogP contribution is -2.29. The predicted octanol–water partition coefficient (Wildman–Crippen LogP) is 4.89. The van der Waals surface area contributed by atoms with Gasteiger partial charge in [-0.15, -0.1) is 11.3 Å². The second kappa shape index (κ2) is 7.33. The molecular formula is C14H10Cl3NO3S. The van der Waals surface area contributed by atoms with Crippen LogP contribution in [0.5, 0.6) is 0 Å². The van der Waals surface area contributed by atoms with E-state index < -0.39 is 18.0 Å². The molecule has 1 aromatic heterocycles. The van der Waals surface area contributed by atoms with E-state index in [0.29, 0.717) is 19.9 Å².